The zero-order valence-electron chi connectivity index (χ0n) is 32.3. The van der Waals surface area contributed by atoms with Gasteiger partial charge in [-0.1, -0.05) is 117 Å². The third kappa shape index (κ3) is 6.61. The van der Waals surface area contributed by atoms with Gasteiger partial charge in [-0.25, -0.2) is 0 Å². The van der Waals surface area contributed by atoms with E-state index >= 15 is 0 Å². The van der Waals surface area contributed by atoms with Crippen LogP contribution in [0.2, 0.25) is 0 Å². The summed E-state index contributed by atoms with van der Waals surface area (Å²) in [4.78, 5) is 17.1. The van der Waals surface area contributed by atoms with Gasteiger partial charge in [0.25, 0.3) is 0 Å². The first-order valence-electron chi connectivity index (χ1n) is 18.6. The van der Waals surface area contributed by atoms with Crippen LogP contribution < -0.4 is 0 Å². The second-order valence-corrected chi connectivity index (χ2v) is 16.6. The van der Waals surface area contributed by atoms with E-state index in [0.29, 0.717) is 5.92 Å². The van der Waals surface area contributed by atoms with E-state index in [2.05, 4.69) is 88.4 Å². The predicted octanol–water partition coefficient (Wildman–Crippen LogP) is 13.7. The average Bonchev–Trinajstić information content (AvgIpc) is 3.79. The molecule has 0 aliphatic heterocycles. The molecule has 0 saturated carbocycles. The standard InChI is InChI=1S/C31H24NOS.C15H28O2.Ir/c1-17(2)18-10-7-13-22-28-30(33-29(18)22)21-12-8-11-20(27(21)31(28,3)4)24-15-23-19-9-5-6-14-25(19)34-26(23)16-32-24;1-7-14(5,8-2)12(16)11-13(17)15(6,9-3)10-4;/h5-10,12-17H,1-4H3;11,16H,7-10H2,1-6H3;/q-1;;/b;12-11-;. The van der Waals surface area contributed by atoms with Crippen molar-refractivity contribution in [1.29, 1.82) is 0 Å². The number of benzene rings is 3. The van der Waals surface area contributed by atoms with Crippen molar-refractivity contribution < 1.29 is 34.4 Å². The molecule has 1 N–H and O–H groups in total. The Morgan fingerprint density at radius 2 is 1.56 bits per heavy atom. The molecule has 6 heteroatoms. The Kier molecular flexibility index (Phi) is 11.5. The van der Waals surface area contributed by atoms with Gasteiger partial charge in [-0.3, -0.25) is 4.79 Å². The number of aliphatic hydroxyl groups excluding tert-OH is 1. The first kappa shape index (κ1) is 39.6. The fourth-order valence-corrected chi connectivity index (χ4v) is 8.58. The van der Waals surface area contributed by atoms with Crippen molar-refractivity contribution in [1.82, 2.24) is 4.98 Å². The van der Waals surface area contributed by atoms with E-state index in [-0.39, 0.29) is 47.9 Å². The fourth-order valence-electron chi connectivity index (χ4n) is 7.52. The molecule has 0 atom stereocenters. The van der Waals surface area contributed by atoms with Crippen molar-refractivity contribution >= 4 is 48.3 Å². The molecule has 275 valence electrons. The van der Waals surface area contributed by atoms with Gasteiger partial charge in [0, 0.05) is 58.9 Å². The van der Waals surface area contributed by atoms with Gasteiger partial charge in [0.15, 0.2) is 5.78 Å². The summed E-state index contributed by atoms with van der Waals surface area (Å²) in [6.07, 6.45) is 6.77. The Labute approximate surface area is 327 Å². The maximum atomic E-state index is 12.2. The molecule has 7 rings (SSSR count). The minimum Gasteiger partial charge on any atom is -0.512 e. The van der Waals surface area contributed by atoms with Gasteiger partial charge in [-0.2, -0.15) is 0 Å². The first-order valence-corrected chi connectivity index (χ1v) is 19.4. The average molecular weight is 891 g/mol. The van der Waals surface area contributed by atoms with Crippen LogP contribution in [0.4, 0.5) is 0 Å². The molecule has 0 saturated heterocycles. The number of thiophene rings is 1. The van der Waals surface area contributed by atoms with Crippen molar-refractivity contribution in [2.45, 2.75) is 106 Å². The summed E-state index contributed by atoms with van der Waals surface area (Å²) in [6.45, 7) is 21.2. The molecule has 3 aromatic carbocycles. The Bertz CT molecular complexity index is 2280. The fraction of sp³-hybridized carbons (Fsp3) is 0.391. The van der Waals surface area contributed by atoms with Crippen LogP contribution >= 0.6 is 11.3 Å². The quantitative estimate of drug-likeness (QED) is 0.0892. The number of rotatable bonds is 9. The second kappa shape index (κ2) is 15.0. The van der Waals surface area contributed by atoms with Crippen molar-refractivity contribution in [3.63, 3.8) is 0 Å². The minimum atomic E-state index is -0.337. The number of nitrogens with zero attached hydrogens (tertiary/aromatic N) is 1. The van der Waals surface area contributed by atoms with Crippen molar-refractivity contribution in [2.75, 3.05) is 0 Å². The van der Waals surface area contributed by atoms with Gasteiger partial charge >= 0.3 is 0 Å². The van der Waals surface area contributed by atoms with Crippen molar-refractivity contribution in [3.05, 3.63) is 101 Å². The van der Waals surface area contributed by atoms with E-state index in [1.807, 2.05) is 53.8 Å². The zero-order chi connectivity index (χ0) is 36.9. The first-order chi connectivity index (χ1) is 24.2. The molecule has 0 unspecified atom stereocenters. The Hall–Kier alpha value is -3.57. The third-order valence-electron chi connectivity index (χ3n) is 12.0. The molecule has 3 heterocycles. The Balaban J connectivity index is 0.000000250. The van der Waals surface area contributed by atoms with E-state index in [9.17, 15) is 9.90 Å². The number of aliphatic hydroxyl groups is 1. The molecule has 6 aromatic rings. The molecule has 0 bridgehead atoms. The maximum Gasteiger partial charge on any atom is 0.164 e. The largest absolute Gasteiger partial charge is 0.512 e. The van der Waals surface area contributed by atoms with E-state index in [1.54, 1.807) is 11.3 Å². The van der Waals surface area contributed by atoms with Crippen LogP contribution in [-0.2, 0) is 30.3 Å². The van der Waals surface area contributed by atoms with Crippen LogP contribution in [0, 0.1) is 16.9 Å². The number of allylic oxidation sites excluding steroid dienone is 2. The summed E-state index contributed by atoms with van der Waals surface area (Å²) in [5.41, 5.74) is 7.22. The van der Waals surface area contributed by atoms with Crippen LogP contribution in [0.15, 0.2) is 83.1 Å². The number of carbonyl (C=O) groups excluding carboxylic acids is 1. The molecule has 3 aromatic heterocycles. The Morgan fingerprint density at radius 1 is 0.904 bits per heavy atom. The number of pyridine rings is 1. The van der Waals surface area contributed by atoms with Crippen LogP contribution in [0.1, 0.15) is 118 Å². The molecule has 0 amide bonds. The molecule has 4 nitrogen and oxygen atoms in total. The van der Waals surface area contributed by atoms with E-state index in [4.69, 9.17) is 9.40 Å². The molecule has 0 spiro atoms. The van der Waals surface area contributed by atoms with Crippen molar-refractivity contribution in [3.8, 4) is 22.6 Å². The Morgan fingerprint density at radius 3 is 2.21 bits per heavy atom. The third-order valence-corrected chi connectivity index (χ3v) is 13.1. The van der Waals surface area contributed by atoms with E-state index < -0.39 is 0 Å². The number of ketones is 1. The molecular weight excluding hydrogens is 839 g/mol. The van der Waals surface area contributed by atoms with E-state index in [0.717, 1.165) is 53.8 Å². The summed E-state index contributed by atoms with van der Waals surface area (Å²) >= 11 is 1.80. The molecule has 1 aliphatic rings. The summed E-state index contributed by atoms with van der Waals surface area (Å²) in [6, 6.07) is 25.1. The smallest absolute Gasteiger partial charge is 0.164 e. The van der Waals surface area contributed by atoms with Gasteiger partial charge < -0.3 is 14.5 Å². The summed E-state index contributed by atoms with van der Waals surface area (Å²) in [5, 5.41) is 13.9. The molecule has 0 fully saturated rings. The number of para-hydroxylation sites is 1. The number of carbonyl (C=O) groups is 1. The number of fused-ring (bicyclic) bond motifs is 8. The van der Waals surface area contributed by atoms with Gasteiger partial charge in [0.2, 0.25) is 0 Å². The van der Waals surface area contributed by atoms with Crippen LogP contribution in [0.25, 0.3) is 53.7 Å². The van der Waals surface area contributed by atoms with Gasteiger partial charge in [0.05, 0.1) is 4.70 Å². The number of hydrogen-bond donors (Lipinski definition) is 1. The second-order valence-electron chi connectivity index (χ2n) is 15.5. The monoisotopic (exact) mass is 891 g/mol. The molecule has 52 heavy (non-hydrogen) atoms. The molecule has 1 aliphatic carbocycles. The molecular formula is C46H52IrNO3S-. The van der Waals surface area contributed by atoms with E-state index in [1.165, 1.54) is 48.3 Å². The van der Waals surface area contributed by atoms with Crippen LogP contribution in [0.5, 0.6) is 0 Å². The van der Waals surface area contributed by atoms with Crippen LogP contribution in [-0.4, -0.2) is 15.9 Å². The zero-order valence-corrected chi connectivity index (χ0v) is 35.5. The predicted molar refractivity (Wildman–Crippen MR) is 216 cm³/mol. The summed E-state index contributed by atoms with van der Waals surface area (Å²) in [5.74, 6) is 1.70. The number of aromatic nitrogens is 1. The van der Waals surface area contributed by atoms with Gasteiger partial charge in [-0.15, -0.1) is 40.7 Å². The molecule has 1 radical (unpaired) electrons. The topological polar surface area (TPSA) is 63.3 Å². The van der Waals surface area contributed by atoms with Crippen molar-refractivity contribution in [2.24, 2.45) is 10.8 Å². The van der Waals surface area contributed by atoms with Gasteiger partial charge in [-0.05, 0) is 65.1 Å². The van der Waals surface area contributed by atoms with Crippen LogP contribution in [0.3, 0.4) is 0 Å². The maximum absolute atomic E-state index is 12.2. The minimum absolute atomic E-state index is 0. The summed E-state index contributed by atoms with van der Waals surface area (Å²) in [7, 11) is 0. The SMILES string of the molecule is CC(C)c1cccc2c3c(oc12)-c1cc[c-]c(-c2cc4c(cn2)sc2ccccc24)c1C3(C)C.CCC(C)(CC)C(=O)/C=C(\O)C(C)(CC)CC.[Ir]. The summed E-state index contributed by atoms with van der Waals surface area (Å²) < 4.78 is 9.15. The number of furan rings is 1. The normalized spacial score (nSPS) is 13.9. The van der Waals surface area contributed by atoms with Gasteiger partial charge in [0.1, 0.15) is 17.1 Å². The number of hydrogen-bond acceptors (Lipinski definition) is 5.